The number of hydrogen-bond acceptors (Lipinski definition) is 7. The van der Waals surface area contributed by atoms with E-state index in [1.807, 2.05) is 12.1 Å². The molecular formula is C24H32N6O. The fourth-order valence-corrected chi connectivity index (χ4v) is 5.59. The van der Waals surface area contributed by atoms with E-state index in [0.717, 1.165) is 36.9 Å². The van der Waals surface area contributed by atoms with E-state index >= 15 is 0 Å². The molecule has 5 rings (SSSR count). The predicted molar refractivity (Wildman–Crippen MR) is 121 cm³/mol. The number of likely N-dealkylation sites (tertiary alicyclic amines) is 2. The van der Waals surface area contributed by atoms with Gasteiger partial charge in [-0.25, -0.2) is 0 Å². The standard InChI is InChI=1S/C24H32N6O/c1-18-15-30(22-5-4-19(14-25)23-24(22)27-9-8-26-23)17-21(31-18)16-28-12-6-20(7-13-28)29-10-2-3-11-29/h4-5,8-9,18,20-21H,2-3,6-7,10-13,15-17H2,1H3/t18-,21-/m0/s1. The maximum Gasteiger partial charge on any atom is 0.113 e. The monoisotopic (exact) mass is 420 g/mol. The minimum atomic E-state index is 0.156. The molecule has 3 aliphatic heterocycles. The summed E-state index contributed by atoms with van der Waals surface area (Å²) in [7, 11) is 0. The Bertz CT molecular complexity index is 945. The molecule has 0 aliphatic carbocycles. The summed E-state index contributed by atoms with van der Waals surface area (Å²) in [6, 6.07) is 6.91. The Hall–Kier alpha value is -2.27. The average Bonchev–Trinajstić information content (AvgIpc) is 3.33. The maximum absolute atomic E-state index is 9.43. The zero-order valence-corrected chi connectivity index (χ0v) is 18.4. The Kier molecular flexibility index (Phi) is 6.04. The number of ether oxygens (including phenoxy) is 1. The fourth-order valence-electron chi connectivity index (χ4n) is 5.59. The molecule has 1 aromatic heterocycles. The zero-order valence-electron chi connectivity index (χ0n) is 18.4. The number of morpholine rings is 1. The maximum atomic E-state index is 9.43. The molecule has 3 fully saturated rings. The van der Waals surface area contributed by atoms with Gasteiger partial charge in [0.2, 0.25) is 0 Å². The van der Waals surface area contributed by atoms with E-state index in [0.29, 0.717) is 11.1 Å². The highest BCUT2D eigenvalue weighted by Gasteiger charge is 2.31. The van der Waals surface area contributed by atoms with Crippen molar-refractivity contribution in [3.63, 3.8) is 0 Å². The highest BCUT2D eigenvalue weighted by molar-refractivity contribution is 5.92. The molecule has 3 aliphatic rings. The van der Waals surface area contributed by atoms with Crippen LogP contribution in [0.1, 0.15) is 38.2 Å². The zero-order chi connectivity index (χ0) is 21.2. The number of aromatic nitrogens is 2. The van der Waals surface area contributed by atoms with Gasteiger partial charge in [-0.2, -0.15) is 5.26 Å². The summed E-state index contributed by atoms with van der Waals surface area (Å²) in [4.78, 5) is 16.6. The second kappa shape index (κ2) is 9.07. The van der Waals surface area contributed by atoms with Gasteiger partial charge in [0.1, 0.15) is 17.1 Å². The molecule has 1 aromatic carbocycles. The van der Waals surface area contributed by atoms with Gasteiger partial charge in [-0.05, 0) is 70.9 Å². The van der Waals surface area contributed by atoms with Crippen molar-refractivity contribution in [3.05, 3.63) is 30.1 Å². The van der Waals surface area contributed by atoms with Gasteiger partial charge in [0, 0.05) is 38.1 Å². The summed E-state index contributed by atoms with van der Waals surface area (Å²) in [6.45, 7) is 9.72. The van der Waals surface area contributed by atoms with Gasteiger partial charge < -0.3 is 19.4 Å². The Balaban J connectivity index is 1.26. The lowest BCUT2D eigenvalue weighted by atomic mass is 10.0. The van der Waals surface area contributed by atoms with Crippen LogP contribution in [0.3, 0.4) is 0 Å². The first kappa shape index (κ1) is 20.6. The van der Waals surface area contributed by atoms with Gasteiger partial charge in [-0.1, -0.05) is 0 Å². The molecule has 7 heteroatoms. The van der Waals surface area contributed by atoms with Crippen LogP contribution in [-0.2, 0) is 4.74 Å². The quantitative estimate of drug-likeness (QED) is 0.753. The van der Waals surface area contributed by atoms with Crippen LogP contribution in [0.4, 0.5) is 5.69 Å². The van der Waals surface area contributed by atoms with Crippen LogP contribution in [0.15, 0.2) is 24.5 Å². The molecule has 0 radical (unpaired) electrons. The number of hydrogen-bond donors (Lipinski definition) is 0. The van der Waals surface area contributed by atoms with E-state index in [-0.39, 0.29) is 12.2 Å². The van der Waals surface area contributed by atoms with Crippen LogP contribution in [-0.4, -0.2) is 83.8 Å². The molecule has 4 heterocycles. The van der Waals surface area contributed by atoms with Gasteiger partial charge in [-0.15, -0.1) is 0 Å². The van der Waals surface area contributed by atoms with Crippen molar-refractivity contribution >= 4 is 16.7 Å². The number of nitrogens with zero attached hydrogens (tertiary/aromatic N) is 6. The molecule has 0 unspecified atom stereocenters. The third-order valence-electron chi connectivity index (χ3n) is 7.07. The number of anilines is 1. The van der Waals surface area contributed by atoms with Gasteiger partial charge in [-0.3, -0.25) is 9.97 Å². The summed E-state index contributed by atoms with van der Waals surface area (Å²) in [5.74, 6) is 0. The molecule has 0 amide bonds. The van der Waals surface area contributed by atoms with Crippen molar-refractivity contribution in [1.82, 2.24) is 19.8 Å². The minimum Gasteiger partial charge on any atom is -0.370 e. The van der Waals surface area contributed by atoms with Crippen molar-refractivity contribution in [2.45, 2.75) is 50.9 Å². The lowest BCUT2D eigenvalue weighted by Crippen LogP contribution is -2.53. The number of rotatable bonds is 4. The Labute approximate surface area is 184 Å². The van der Waals surface area contributed by atoms with Crippen molar-refractivity contribution in [2.24, 2.45) is 0 Å². The van der Waals surface area contributed by atoms with Gasteiger partial charge in [0.15, 0.2) is 0 Å². The van der Waals surface area contributed by atoms with E-state index in [9.17, 15) is 5.26 Å². The van der Waals surface area contributed by atoms with Crippen LogP contribution in [0.2, 0.25) is 0 Å². The predicted octanol–water partition coefficient (Wildman–Crippen LogP) is 2.66. The van der Waals surface area contributed by atoms with E-state index in [1.165, 1.54) is 51.9 Å². The van der Waals surface area contributed by atoms with Gasteiger partial charge in [0.05, 0.1) is 23.5 Å². The van der Waals surface area contributed by atoms with E-state index in [4.69, 9.17) is 4.74 Å². The summed E-state index contributed by atoms with van der Waals surface area (Å²) < 4.78 is 6.34. The molecule has 31 heavy (non-hydrogen) atoms. The Morgan fingerprint density at radius 1 is 1.03 bits per heavy atom. The van der Waals surface area contributed by atoms with Crippen LogP contribution in [0.5, 0.6) is 0 Å². The third-order valence-corrected chi connectivity index (χ3v) is 7.07. The summed E-state index contributed by atoms with van der Waals surface area (Å²) in [5.41, 5.74) is 3.11. The second-order valence-electron chi connectivity index (χ2n) is 9.25. The molecule has 0 spiro atoms. The van der Waals surface area contributed by atoms with Gasteiger partial charge in [0.25, 0.3) is 0 Å². The van der Waals surface area contributed by atoms with E-state index in [2.05, 4.69) is 37.7 Å². The fraction of sp³-hybridized carbons (Fsp3) is 0.625. The normalized spacial score (nSPS) is 26.4. The summed E-state index contributed by atoms with van der Waals surface area (Å²) in [5, 5.41) is 9.43. The Morgan fingerprint density at radius 2 is 1.77 bits per heavy atom. The third kappa shape index (κ3) is 4.38. The topological polar surface area (TPSA) is 68.5 Å². The first-order chi connectivity index (χ1) is 15.2. The molecule has 0 bridgehead atoms. The van der Waals surface area contributed by atoms with Crippen LogP contribution in [0.25, 0.3) is 11.0 Å². The largest absolute Gasteiger partial charge is 0.370 e. The van der Waals surface area contributed by atoms with Crippen LogP contribution < -0.4 is 4.90 Å². The van der Waals surface area contributed by atoms with Crippen LogP contribution in [0, 0.1) is 11.3 Å². The first-order valence-corrected chi connectivity index (χ1v) is 11.7. The van der Waals surface area contributed by atoms with E-state index in [1.54, 1.807) is 12.4 Å². The van der Waals surface area contributed by atoms with E-state index < -0.39 is 0 Å². The molecule has 2 aromatic rings. The molecule has 3 saturated heterocycles. The van der Waals surface area contributed by atoms with Crippen molar-refractivity contribution in [2.75, 3.05) is 50.7 Å². The number of benzene rings is 1. The smallest absolute Gasteiger partial charge is 0.113 e. The lowest BCUT2D eigenvalue weighted by molar-refractivity contribution is -0.0371. The summed E-state index contributed by atoms with van der Waals surface area (Å²) >= 11 is 0. The highest BCUT2D eigenvalue weighted by atomic mass is 16.5. The number of nitriles is 1. The molecule has 7 nitrogen and oxygen atoms in total. The lowest BCUT2D eigenvalue weighted by Gasteiger charge is -2.42. The van der Waals surface area contributed by atoms with Crippen LogP contribution >= 0.6 is 0 Å². The van der Waals surface area contributed by atoms with Crippen molar-refractivity contribution in [3.8, 4) is 6.07 Å². The first-order valence-electron chi connectivity index (χ1n) is 11.7. The molecular weight excluding hydrogens is 388 g/mol. The molecule has 164 valence electrons. The molecule has 2 atom stereocenters. The number of piperidine rings is 1. The average molecular weight is 421 g/mol. The van der Waals surface area contributed by atoms with Crippen molar-refractivity contribution < 1.29 is 4.74 Å². The highest BCUT2D eigenvalue weighted by Crippen LogP contribution is 2.29. The SMILES string of the molecule is C[C@H]1CN(c2ccc(C#N)c3nccnc23)C[C@H](CN2CCC(N3CCCC3)CC2)O1. The molecule has 0 N–H and O–H groups in total. The minimum absolute atomic E-state index is 0.156. The van der Waals surface area contributed by atoms with Gasteiger partial charge >= 0.3 is 0 Å². The number of fused-ring (bicyclic) bond motifs is 1. The second-order valence-corrected chi connectivity index (χ2v) is 9.25. The Morgan fingerprint density at radius 3 is 2.52 bits per heavy atom. The summed E-state index contributed by atoms with van der Waals surface area (Å²) in [6.07, 6.45) is 9.00. The molecule has 0 saturated carbocycles. The van der Waals surface area contributed by atoms with Crippen molar-refractivity contribution in [1.29, 1.82) is 5.26 Å².